The van der Waals surface area contributed by atoms with Gasteiger partial charge in [0.05, 0.1) is 11.5 Å². The van der Waals surface area contributed by atoms with Crippen molar-refractivity contribution >= 4 is 23.3 Å². The predicted molar refractivity (Wildman–Crippen MR) is 87.1 cm³/mol. The van der Waals surface area contributed by atoms with Crippen molar-refractivity contribution in [2.24, 2.45) is 0 Å². The number of benzene rings is 1. The first-order chi connectivity index (χ1) is 11.0. The first-order valence-corrected chi connectivity index (χ1v) is 8.14. The number of nitrogens with one attached hydrogen (secondary N) is 1. The molecule has 0 bridgehead atoms. The third kappa shape index (κ3) is 2.44. The number of amides is 2. The largest absolute Gasteiger partial charge is 0.338 e. The van der Waals surface area contributed by atoms with Crippen LogP contribution in [0.4, 0.5) is 5.69 Å². The highest BCUT2D eigenvalue weighted by Gasteiger charge is 2.57. The molecule has 1 fully saturated rings. The third-order valence-corrected chi connectivity index (χ3v) is 5.16. The van der Waals surface area contributed by atoms with Crippen LogP contribution in [-0.4, -0.2) is 35.1 Å². The summed E-state index contributed by atoms with van der Waals surface area (Å²) in [5.41, 5.74) is 1.17. The number of ketones is 1. The van der Waals surface area contributed by atoms with Gasteiger partial charge in [-0.25, -0.2) is 0 Å². The second-order valence-corrected chi connectivity index (χ2v) is 6.54. The molecule has 2 aliphatic rings. The minimum atomic E-state index is -0.668. The zero-order chi connectivity index (χ0) is 16.6. The molecular formula is C18H22N2O3. The van der Waals surface area contributed by atoms with Crippen LogP contribution in [0.3, 0.4) is 0 Å². The number of anilines is 1. The second kappa shape index (κ2) is 5.80. The lowest BCUT2D eigenvalue weighted by Gasteiger charge is -2.33. The summed E-state index contributed by atoms with van der Waals surface area (Å²) in [6, 6.07) is 7.55. The molecule has 2 aliphatic heterocycles. The number of carbonyl (C=O) groups is 3. The van der Waals surface area contributed by atoms with E-state index < -0.39 is 5.41 Å². The van der Waals surface area contributed by atoms with Gasteiger partial charge in [0, 0.05) is 25.6 Å². The maximum atomic E-state index is 12.8. The molecule has 0 unspecified atom stereocenters. The van der Waals surface area contributed by atoms with Gasteiger partial charge in [0.15, 0.2) is 0 Å². The highest BCUT2D eigenvalue weighted by atomic mass is 16.2. The van der Waals surface area contributed by atoms with Gasteiger partial charge in [0.2, 0.25) is 11.8 Å². The van der Waals surface area contributed by atoms with Crippen LogP contribution in [0.2, 0.25) is 0 Å². The standard InChI is InChI=1S/C18H22N2O3/c1-12(21)6-5-9-16-18(10-11-20(16)13(2)22)14-7-3-4-8-15(14)19-17(18)23/h3-4,7-8,16H,5-6,9-11H2,1-2H3,(H,19,23)/t16-,18+/m1/s1. The molecule has 0 aliphatic carbocycles. The monoisotopic (exact) mass is 314 g/mol. The van der Waals surface area contributed by atoms with Crippen molar-refractivity contribution in [2.75, 3.05) is 11.9 Å². The third-order valence-electron chi connectivity index (χ3n) is 5.16. The Balaban J connectivity index is 1.97. The fourth-order valence-electron chi connectivity index (χ4n) is 4.13. The SMILES string of the molecule is CC(=O)CCC[C@H]1N(C(C)=O)CC[C@@]12C(=O)Nc1ccccc12. The maximum Gasteiger partial charge on any atom is 0.237 e. The van der Waals surface area contributed by atoms with Gasteiger partial charge >= 0.3 is 0 Å². The van der Waals surface area contributed by atoms with E-state index in [0.29, 0.717) is 32.2 Å². The number of hydrogen-bond donors (Lipinski definition) is 1. The van der Waals surface area contributed by atoms with Gasteiger partial charge in [-0.2, -0.15) is 0 Å². The molecule has 122 valence electrons. The summed E-state index contributed by atoms with van der Waals surface area (Å²) >= 11 is 0. The Morgan fingerprint density at radius 2 is 2.04 bits per heavy atom. The fraction of sp³-hybridized carbons (Fsp3) is 0.500. The number of carbonyl (C=O) groups excluding carboxylic acids is 3. The van der Waals surface area contributed by atoms with Crippen LogP contribution >= 0.6 is 0 Å². The topological polar surface area (TPSA) is 66.5 Å². The molecular weight excluding hydrogens is 292 g/mol. The van der Waals surface area contributed by atoms with Crippen LogP contribution in [0.5, 0.6) is 0 Å². The Morgan fingerprint density at radius 3 is 2.74 bits per heavy atom. The Morgan fingerprint density at radius 1 is 1.30 bits per heavy atom. The summed E-state index contributed by atoms with van der Waals surface area (Å²) in [5.74, 6) is 0.116. The zero-order valence-electron chi connectivity index (χ0n) is 13.6. The first kappa shape index (κ1) is 15.7. The van der Waals surface area contributed by atoms with Crippen molar-refractivity contribution < 1.29 is 14.4 Å². The molecule has 2 amide bonds. The van der Waals surface area contributed by atoms with Crippen LogP contribution in [-0.2, 0) is 19.8 Å². The summed E-state index contributed by atoms with van der Waals surface area (Å²) in [6.45, 7) is 3.71. The zero-order valence-corrected chi connectivity index (χ0v) is 13.6. The smallest absolute Gasteiger partial charge is 0.237 e. The first-order valence-electron chi connectivity index (χ1n) is 8.14. The number of likely N-dealkylation sites (tertiary alicyclic amines) is 1. The van der Waals surface area contributed by atoms with Gasteiger partial charge in [-0.3, -0.25) is 9.59 Å². The van der Waals surface area contributed by atoms with Crippen molar-refractivity contribution in [3.8, 4) is 0 Å². The number of para-hydroxylation sites is 1. The van der Waals surface area contributed by atoms with Crippen molar-refractivity contribution in [1.82, 2.24) is 4.90 Å². The lowest BCUT2D eigenvalue weighted by Crippen LogP contribution is -2.48. The number of rotatable bonds is 4. The summed E-state index contributed by atoms with van der Waals surface area (Å²) in [4.78, 5) is 37.9. The molecule has 1 aromatic carbocycles. The van der Waals surface area contributed by atoms with E-state index in [1.54, 1.807) is 13.8 Å². The summed E-state index contributed by atoms with van der Waals surface area (Å²) in [6.07, 6.45) is 2.49. The normalized spacial score (nSPS) is 25.6. The molecule has 2 heterocycles. The summed E-state index contributed by atoms with van der Waals surface area (Å²) < 4.78 is 0. The van der Waals surface area contributed by atoms with E-state index in [0.717, 1.165) is 11.3 Å². The quantitative estimate of drug-likeness (QED) is 0.927. The Labute approximate surface area is 136 Å². The van der Waals surface area contributed by atoms with Gasteiger partial charge < -0.3 is 15.0 Å². The molecule has 0 saturated carbocycles. The van der Waals surface area contributed by atoms with Crippen molar-refractivity contribution in [2.45, 2.75) is 51.0 Å². The predicted octanol–water partition coefficient (Wildman–Crippen LogP) is 2.26. The van der Waals surface area contributed by atoms with E-state index in [1.807, 2.05) is 29.2 Å². The van der Waals surface area contributed by atoms with Gasteiger partial charge in [-0.1, -0.05) is 18.2 Å². The molecule has 5 nitrogen and oxygen atoms in total. The Kier molecular flexibility index (Phi) is 3.96. The molecule has 2 atom stereocenters. The van der Waals surface area contributed by atoms with Crippen LogP contribution in [0.25, 0.3) is 0 Å². The van der Waals surface area contributed by atoms with E-state index in [-0.39, 0.29) is 23.6 Å². The average Bonchev–Trinajstić information content (AvgIpc) is 3.00. The highest BCUT2D eigenvalue weighted by Crippen LogP contribution is 2.49. The van der Waals surface area contributed by atoms with E-state index >= 15 is 0 Å². The molecule has 23 heavy (non-hydrogen) atoms. The number of hydrogen-bond acceptors (Lipinski definition) is 3. The van der Waals surface area contributed by atoms with Gasteiger partial charge in [-0.15, -0.1) is 0 Å². The van der Waals surface area contributed by atoms with E-state index in [1.165, 1.54) is 0 Å². The fourth-order valence-corrected chi connectivity index (χ4v) is 4.13. The molecule has 1 saturated heterocycles. The maximum absolute atomic E-state index is 12.8. The van der Waals surface area contributed by atoms with Gasteiger partial charge in [-0.05, 0) is 37.8 Å². The molecule has 1 N–H and O–H groups in total. The van der Waals surface area contributed by atoms with E-state index in [9.17, 15) is 14.4 Å². The highest BCUT2D eigenvalue weighted by molar-refractivity contribution is 6.07. The summed E-state index contributed by atoms with van der Waals surface area (Å²) in [7, 11) is 0. The van der Waals surface area contributed by atoms with Crippen LogP contribution in [0.15, 0.2) is 24.3 Å². The van der Waals surface area contributed by atoms with Crippen molar-refractivity contribution in [3.63, 3.8) is 0 Å². The molecule has 0 aromatic heterocycles. The van der Waals surface area contributed by atoms with Crippen LogP contribution < -0.4 is 5.32 Å². The van der Waals surface area contributed by atoms with Crippen molar-refractivity contribution in [3.05, 3.63) is 29.8 Å². The summed E-state index contributed by atoms with van der Waals surface area (Å²) in [5, 5.41) is 2.97. The van der Waals surface area contributed by atoms with Gasteiger partial charge in [0.1, 0.15) is 5.78 Å². The molecule has 3 rings (SSSR count). The number of Topliss-reactive ketones (excluding diaryl/α,β-unsaturated/α-hetero) is 1. The Hall–Kier alpha value is -2.17. The van der Waals surface area contributed by atoms with Crippen molar-refractivity contribution in [1.29, 1.82) is 0 Å². The van der Waals surface area contributed by atoms with Crippen LogP contribution in [0, 0.1) is 0 Å². The minimum Gasteiger partial charge on any atom is -0.338 e. The molecule has 1 spiro atoms. The lowest BCUT2D eigenvalue weighted by atomic mass is 9.73. The number of fused-ring (bicyclic) bond motifs is 2. The minimum absolute atomic E-state index is 0.00752. The second-order valence-electron chi connectivity index (χ2n) is 6.54. The van der Waals surface area contributed by atoms with Crippen LogP contribution in [0.1, 0.15) is 45.1 Å². The van der Waals surface area contributed by atoms with Gasteiger partial charge in [0.25, 0.3) is 0 Å². The van der Waals surface area contributed by atoms with E-state index in [2.05, 4.69) is 5.32 Å². The average molecular weight is 314 g/mol. The lowest BCUT2D eigenvalue weighted by molar-refractivity contribution is -0.131. The van der Waals surface area contributed by atoms with E-state index in [4.69, 9.17) is 0 Å². The molecule has 5 heteroatoms. The molecule has 0 radical (unpaired) electrons. The Bertz CT molecular complexity index is 670. The molecule has 1 aromatic rings. The number of nitrogens with zero attached hydrogens (tertiary/aromatic N) is 1.